The van der Waals surface area contributed by atoms with Crippen LogP contribution in [0.15, 0.2) is 30.3 Å². The molecule has 1 rings (SSSR count). The summed E-state index contributed by atoms with van der Waals surface area (Å²) in [6, 6.07) is 9.21. The number of nitrogens with one attached hydrogen (secondary N) is 1. The Labute approximate surface area is 59.8 Å². The molecule has 0 fully saturated rings. The van der Waals surface area contributed by atoms with Crippen molar-refractivity contribution in [2.75, 3.05) is 12.2 Å². The molecule has 10 heavy (non-hydrogen) atoms. The maximum Gasteiger partial charge on any atom is 0.0820 e. The molecule has 1 aromatic rings. The lowest BCUT2D eigenvalue weighted by Crippen LogP contribution is -2.30. The maximum atomic E-state index is 9.05. The topological polar surface area (TPSA) is 35.5 Å². The van der Waals surface area contributed by atoms with Crippen LogP contribution in [-0.2, 0) is 0 Å². The van der Waals surface area contributed by atoms with Crippen molar-refractivity contribution in [1.82, 2.24) is 5.43 Å². The summed E-state index contributed by atoms with van der Waals surface area (Å²) in [4.78, 5) is 0. The van der Waals surface area contributed by atoms with E-state index in [0.29, 0.717) is 0 Å². The van der Waals surface area contributed by atoms with Gasteiger partial charge in [-0.15, -0.1) is 0 Å². The maximum absolute atomic E-state index is 9.05. The molecule has 0 saturated carbocycles. The van der Waals surface area contributed by atoms with E-state index in [9.17, 15) is 0 Å². The third kappa shape index (κ3) is 1.46. The van der Waals surface area contributed by atoms with E-state index in [-0.39, 0.29) is 0 Å². The van der Waals surface area contributed by atoms with Crippen molar-refractivity contribution in [3.05, 3.63) is 30.3 Å². The summed E-state index contributed by atoms with van der Waals surface area (Å²) in [5.74, 6) is 0. The first kappa shape index (κ1) is 7.05. The first-order valence-electron chi connectivity index (χ1n) is 3.06. The lowest BCUT2D eigenvalue weighted by molar-refractivity contribution is 0.222. The molecular formula is C7H10N2O. The van der Waals surface area contributed by atoms with Crippen molar-refractivity contribution in [3.63, 3.8) is 0 Å². The van der Waals surface area contributed by atoms with Crippen LogP contribution < -0.4 is 10.6 Å². The van der Waals surface area contributed by atoms with Gasteiger partial charge in [-0.2, -0.15) is 5.17 Å². The second kappa shape index (κ2) is 3.20. The minimum Gasteiger partial charge on any atom is -0.273 e. The van der Waals surface area contributed by atoms with Crippen molar-refractivity contribution < 1.29 is 5.21 Å². The number of rotatable bonds is 2. The van der Waals surface area contributed by atoms with Crippen molar-refractivity contribution in [2.24, 2.45) is 0 Å². The monoisotopic (exact) mass is 138 g/mol. The highest BCUT2D eigenvalue weighted by molar-refractivity contribution is 5.41. The van der Waals surface area contributed by atoms with Crippen molar-refractivity contribution >= 4 is 5.69 Å². The van der Waals surface area contributed by atoms with E-state index in [2.05, 4.69) is 5.43 Å². The summed E-state index contributed by atoms with van der Waals surface area (Å²) < 4.78 is 0. The third-order valence-corrected chi connectivity index (χ3v) is 1.21. The molecule has 0 radical (unpaired) electrons. The van der Waals surface area contributed by atoms with Crippen LogP contribution in [0.25, 0.3) is 0 Å². The van der Waals surface area contributed by atoms with Crippen LogP contribution in [0, 0.1) is 0 Å². The van der Waals surface area contributed by atoms with E-state index in [0.717, 1.165) is 10.9 Å². The first-order valence-corrected chi connectivity index (χ1v) is 3.06. The SMILES string of the molecule is CNN(O)c1ccccc1. The molecule has 0 amide bonds. The van der Waals surface area contributed by atoms with E-state index < -0.39 is 0 Å². The molecule has 0 unspecified atom stereocenters. The van der Waals surface area contributed by atoms with Gasteiger partial charge in [0.15, 0.2) is 0 Å². The van der Waals surface area contributed by atoms with Gasteiger partial charge in [0.1, 0.15) is 0 Å². The van der Waals surface area contributed by atoms with Crippen LogP contribution in [0.4, 0.5) is 5.69 Å². The zero-order chi connectivity index (χ0) is 7.40. The van der Waals surface area contributed by atoms with Crippen LogP contribution in [-0.4, -0.2) is 12.3 Å². The third-order valence-electron chi connectivity index (χ3n) is 1.21. The fourth-order valence-electron chi connectivity index (χ4n) is 0.698. The van der Waals surface area contributed by atoms with Gasteiger partial charge in [-0.25, -0.2) is 5.43 Å². The number of hydrazine groups is 1. The highest BCUT2D eigenvalue weighted by atomic mass is 16.5. The molecule has 0 atom stereocenters. The number of anilines is 1. The minimum atomic E-state index is 0.727. The number of hydrogen-bond acceptors (Lipinski definition) is 3. The average molecular weight is 138 g/mol. The minimum absolute atomic E-state index is 0.727. The summed E-state index contributed by atoms with van der Waals surface area (Å²) in [5, 5.41) is 10.0. The zero-order valence-electron chi connectivity index (χ0n) is 5.78. The smallest absolute Gasteiger partial charge is 0.0820 e. The molecule has 0 aromatic heterocycles. The van der Waals surface area contributed by atoms with Crippen molar-refractivity contribution in [3.8, 4) is 0 Å². The standard InChI is InChI=1S/C7H10N2O/c1-8-9(10)7-5-3-2-4-6-7/h2-6,8,10H,1H3. The summed E-state index contributed by atoms with van der Waals surface area (Å²) in [5.41, 5.74) is 3.30. The van der Waals surface area contributed by atoms with E-state index >= 15 is 0 Å². The van der Waals surface area contributed by atoms with E-state index in [1.807, 2.05) is 18.2 Å². The van der Waals surface area contributed by atoms with Gasteiger partial charge < -0.3 is 0 Å². The molecule has 0 saturated heterocycles. The van der Waals surface area contributed by atoms with Gasteiger partial charge in [-0.3, -0.25) is 5.21 Å². The van der Waals surface area contributed by atoms with Gasteiger partial charge in [0.05, 0.1) is 5.69 Å². The average Bonchev–Trinajstić information content (AvgIpc) is 2.05. The lowest BCUT2D eigenvalue weighted by Gasteiger charge is -2.13. The largest absolute Gasteiger partial charge is 0.273 e. The number of hydrogen-bond donors (Lipinski definition) is 2. The molecular weight excluding hydrogens is 128 g/mol. The Kier molecular flexibility index (Phi) is 2.25. The Morgan fingerprint density at radius 2 is 1.90 bits per heavy atom. The van der Waals surface area contributed by atoms with Gasteiger partial charge >= 0.3 is 0 Å². The molecule has 0 aliphatic carbocycles. The first-order chi connectivity index (χ1) is 4.84. The molecule has 0 spiro atoms. The van der Waals surface area contributed by atoms with Crippen molar-refractivity contribution in [1.29, 1.82) is 0 Å². The van der Waals surface area contributed by atoms with Crippen molar-refractivity contribution in [2.45, 2.75) is 0 Å². The van der Waals surface area contributed by atoms with E-state index in [1.165, 1.54) is 0 Å². The lowest BCUT2D eigenvalue weighted by atomic mass is 10.3. The van der Waals surface area contributed by atoms with Crippen LogP contribution >= 0.6 is 0 Å². The van der Waals surface area contributed by atoms with Gasteiger partial charge in [0.25, 0.3) is 0 Å². The van der Waals surface area contributed by atoms with E-state index in [1.54, 1.807) is 19.2 Å². The molecule has 1 aromatic carbocycles. The van der Waals surface area contributed by atoms with Gasteiger partial charge in [-0.1, -0.05) is 18.2 Å². The molecule has 0 aliphatic rings. The Morgan fingerprint density at radius 1 is 1.30 bits per heavy atom. The fourth-order valence-corrected chi connectivity index (χ4v) is 0.698. The van der Waals surface area contributed by atoms with Gasteiger partial charge in [0.2, 0.25) is 0 Å². The Balaban J connectivity index is 2.75. The number of benzene rings is 1. The summed E-state index contributed by atoms with van der Waals surface area (Å²) >= 11 is 0. The Hall–Kier alpha value is -1.06. The fraction of sp³-hybridized carbons (Fsp3) is 0.143. The number of nitrogens with zero attached hydrogens (tertiary/aromatic N) is 1. The van der Waals surface area contributed by atoms with Gasteiger partial charge in [0, 0.05) is 7.05 Å². The molecule has 0 aliphatic heterocycles. The summed E-state index contributed by atoms with van der Waals surface area (Å²) in [6.07, 6.45) is 0. The molecule has 2 N–H and O–H groups in total. The van der Waals surface area contributed by atoms with Crippen LogP contribution in [0.5, 0.6) is 0 Å². The summed E-state index contributed by atoms with van der Waals surface area (Å²) in [7, 11) is 1.65. The summed E-state index contributed by atoms with van der Waals surface area (Å²) in [6.45, 7) is 0. The molecule has 0 bridgehead atoms. The van der Waals surface area contributed by atoms with Crippen LogP contribution in [0.3, 0.4) is 0 Å². The number of para-hydroxylation sites is 1. The van der Waals surface area contributed by atoms with Crippen LogP contribution in [0.1, 0.15) is 0 Å². The predicted molar refractivity (Wildman–Crippen MR) is 39.8 cm³/mol. The predicted octanol–water partition coefficient (Wildman–Crippen LogP) is 1.02. The van der Waals surface area contributed by atoms with Crippen LogP contribution in [0.2, 0.25) is 0 Å². The molecule has 0 heterocycles. The Bertz CT molecular complexity index is 188. The highest BCUT2D eigenvalue weighted by Crippen LogP contribution is 2.06. The second-order valence-corrected chi connectivity index (χ2v) is 1.87. The molecule has 3 heteroatoms. The Morgan fingerprint density at radius 3 is 2.40 bits per heavy atom. The van der Waals surface area contributed by atoms with Gasteiger partial charge in [-0.05, 0) is 12.1 Å². The molecule has 54 valence electrons. The normalized spacial score (nSPS) is 9.40. The second-order valence-electron chi connectivity index (χ2n) is 1.87. The zero-order valence-corrected chi connectivity index (χ0v) is 5.78. The van der Waals surface area contributed by atoms with E-state index in [4.69, 9.17) is 5.21 Å². The molecule has 3 nitrogen and oxygen atoms in total. The highest BCUT2D eigenvalue weighted by Gasteiger charge is 1.94. The quantitative estimate of drug-likeness (QED) is 0.599.